The van der Waals surface area contributed by atoms with Gasteiger partial charge in [-0.3, -0.25) is 25.0 Å². The van der Waals surface area contributed by atoms with Crippen molar-refractivity contribution in [2.75, 3.05) is 0 Å². The minimum atomic E-state index is -0.543. The minimum Gasteiger partial charge on any atom is -0.289 e. The Morgan fingerprint density at radius 3 is 2.25 bits per heavy atom. The van der Waals surface area contributed by atoms with Crippen molar-refractivity contribution in [3.63, 3.8) is 0 Å². The number of non-ortho nitro benzene ring substituents is 1. The Hall–Kier alpha value is -3.35. The second-order valence-corrected chi connectivity index (χ2v) is 5.00. The molecular formula is C17H14N2O5. The average Bonchev–Trinajstić information content (AvgIpc) is 2.59. The highest BCUT2D eigenvalue weighted by Crippen LogP contribution is 2.22. The van der Waals surface area contributed by atoms with Crippen LogP contribution in [0.1, 0.15) is 28.4 Å². The second kappa shape index (κ2) is 7.28. The summed E-state index contributed by atoms with van der Waals surface area (Å²) in [6.07, 6.45) is 3.31. The lowest BCUT2D eigenvalue weighted by atomic mass is 10.1. The number of ketones is 1. The molecule has 2 aromatic carbocycles. The Labute approximate surface area is 137 Å². The maximum atomic E-state index is 12.1. The number of nitrogens with zero attached hydrogens (tertiary/aromatic N) is 2. The molecule has 0 aliphatic carbocycles. The first-order valence-corrected chi connectivity index (χ1v) is 7.16. The van der Waals surface area contributed by atoms with E-state index in [4.69, 9.17) is 0 Å². The fraction of sp³-hybridized carbons (Fsp3) is 0.118. The molecule has 122 valence electrons. The van der Waals surface area contributed by atoms with Gasteiger partial charge in [0.25, 0.3) is 11.4 Å². The van der Waals surface area contributed by atoms with Crippen LogP contribution in [-0.2, 0) is 6.42 Å². The number of carbonyl (C=O) groups is 1. The van der Waals surface area contributed by atoms with Crippen molar-refractivity contribution < 1.29 is 14.6 Å². The normalized spacial score (nSPS) is 10.7. The summed E-state index contributed by atoms with van der Waals surface area (Å²) in [6.45, 7) is 1.83. The highest BCUT2D eigenvalue weighted by molar-refractivity contribution is 6.06. The largest absolute Gasteiger partial charge is 0.289 e. The van der Waals surface area contributed by atoms with Crippen LogP contribution in [-0.4, -0.2) is 15.6 Å². The minimum absolute atomic E-state index is 0.0161. The van der Waals surface area contributed by atoms with Crippen LogP contribution in [0.15, 0.2) is 48.5 Å². The number of hydrogen-bond donors (Lipinski definition) is 0. The Morgan fingerprint density at radius 2 is 1.71 bits per heavy atom. The maximum Gasteiger partial charge on any atom is 0.273 e. The summed E-state index contributed by atoms with van der Waals surface area (Å²) in [6, 6.07) is 10.0. The SMILES string of the molecule is CCc1ccc(/C=C/C(=O)c2ccc([N+](=O)[O-])cc2)cc1[N+](=O)[O-]. The lowest BCUT2D eigenvalue weighted by Crippen LogP contribution is -1.96. The predicted molar refractivity (Wildman–Crippen MR) is 88.9 cm³/mol. The van der Waals surface area contributed by atoms with E-state index in [9.17, 15) is 25.0 Å². The fourth-order valence-electron chi connectivity index (χ4n) is 2.17. The lowest BCUT2D eigenvalue weighted by Gasteiger charge is -2.01. The first kappa shape index (κ1) is 17.0. The molecule has 0 spiro atoms. The van der Waals surface area contributed by atoms with Gasteiger partial charge in [-0.2, -0.15) is 0 Å². The van der Waals surface area contributed by atoms with Crippen molar-refractivity contribution in [1.82, 2.24) is 0 Å². The molecule has 0 unspecified atom stereocenters. The van der Waals surface area contributed by atoms with Crippen LogP contribution < -0.4 is 0 Å². The zero-order valence-electron chi connectivity index (χ0n) is 12.8. The number of aryl methyl sites for hydroxylation is 1. The highest BCUT2D eigenvalue weighted by atomic mass is 16.6. The van der Waals surface area contributed by atoms with Gasteiger partial charge >= 0.3 is 0 Å². The molecule has 0 aromatic heterocycles. The van der Waals surface area contributed by atoms with Crippen LogP contribution in [0.25, 0.3) is 6.08 Å². The third kappa shape index (κ3) is 3.89. The number of hydrogen-bond acceptors (Lipinski definition) is 5. The van der Waals surface area contributed by atoms with E-state index in [1.54, 1.807) is 12.1 Å². The van der Waals surface area contributed by atoms with Gasteiger partial charge in [-0.05, 0) is 30.2 Å². The molecule has 0 atom stereocenters. The van der Waals surface area contributed by atoms with Gasteiger partial charge in [-0.25, -0.2) is 0 Å². The van der Waals surface area contributed by atoms with Gasteiger partial charge in [0.2, 0.25) is 0 Å². The van der Waals surface area contributed by atoms with Gasteiger partial charge < -0.3 is 0 Å². The number of nitro benzene ring substituents is 2. The third-order valence-electron chi connectivity index (χ3n) is 3.48. The monoisotopic (exact) mass is 326 g/mol. The van der Waals surface area contributed by atoms with Crippen LogP contribution in [0.2, 0.25) is 0 Å². The summed E-state index contributed by atoms with van der Waals surface area (Å²) in [5.41, 5.74) is 1.38. The van der Waals surface area contributed by atoms with Crippen LogP contribution in [0.3, 0.4) is 0 Å². The van der Waals surface area contributed by atoms with E-state index in [0.29, 0.717) is 23.1 Å². The Morgan fingerprint density at radius 1 is 1.04 bits per heavy atom. The van der Waals surface area contributed by atoms with Crippen molar-refractivity contribution in [2.45, 2.75) is 13.3 Å². The molecule has 0 aliphatic rings. The summed E-state index contributed by atoms with van der Waals surface area (Å²) in [4.78, 5) is 32.7. The van der Waals surface area contributed by atoms with Crippen LogP contribution in [0.5, 0.6) is 0 Å². The van der Waals surface area contributed by atoms with E-state index in [-0.39, 0.29) is 17.2 Å². The summed E-state index contributed by atoms with van der Waals surface area (Å²) < 4.78 is 0. The van der Waals surface area contributed by atoms with Crippen LogP contribution >= 0.6 is 0 Å². The Bertz CT molecular complexity index is 825. The van der Waals surface area contributed by atoms with E-state index in [2.05, 4.69) is 0 Å². The van der Waals surface area contributed by atoms with Crippen molar-refractivity contribution >= 4 is 23.2 Å². The highest BCUT2D eigenvalue weighted by Gasteiger charge is 2.12. The van der Waals surface area contributed by atoms with Gasteiger partial charge in [0.05, 0.1) is 9.85 Å². The van der Waals surface area contributed by atoms with Gasteiger partial charge in [0, 0.05) is 29.3 Å². The molecule has 7 heteroatoms. The zero-order valence-corrected chi connectivity index (χ0v) is 12.8. The average molecular weight is 326 g/mol. The fourth-order valence-corrected chi connectivity index (χ4v) is 2.17. The van der Waals surface area contributed by atoms with Crippen molar-refractivity contribution in [3.8, 4) is 0 Å². The molecule has 2 aromatic rings. The van der Waals surface area contributed by atoms with Gasteiger partial charge in [-0.1, -0.05) is 25.1 Å². The van der Waals surface area contributed by atoms with E-state index in [1.165, 1.54) is 42.5 Å². The van der Waals surface area contributed by atoms with Gasteiger partial charge in [-0.15, -0.1) is 0 Å². The summed E-state index contributed by atoms with van der Waals surface area (Å²) in [5.74, 6) is -0.341. The smallest absolute Gasteiger partial charge is 0.273 e. The molecular weight excluding hydrogens is 312 g/mol. The second-order valence-electron chi connectivity index (χ2n) is 5.00. The molecule has 2 rings (SSSR count). The topological polar surface area (TPSA) is 103 Å². The van der Waals surface area contributed by atoms with E-state index in [0.717, 1.165) is 0 Å². The summed E-state index contributed by atoms with van der Waals surface area (Å²) >= 11 is 0. The van der Waals surface area contributed by atoms with Crippen molar-refractivity contribution in [3.05, 3.63) is 85.5 Å². The molecule has 0 bridgehead atoms. The molecule has 0 saturated carbocycles. The van der Waals surface area contributed by atoms with E-state index >= 15 is 0 Å². The molecule has 24 heavy (non-hydrogen) atoms. The number of nitro groups is 2. The third-order valence-corrected chi connectivity index (χ3v) is 3.48. The van der Waals surface area contributed by atoms with Crippen molar-refractivity contribution in [1.29, 1.82) is 0 Å². The molecule has 7 nitrogen and oxygen atoms in total. The van der Waals surface area contributed by atoms with Crippen LogP contribution in [0, 0.1) is 20.2 Å². The molecule has 0 radical (unpaired) electrons. The Balaban J connectivity index is 2.20. The summed E-state index contributed by atoms with van der Waals surface area (Å²) in [5, 5.41) is 21.6. The first-order valence-electron chi connectivity index (χ1n) is 7.16. The number of benzene rings is 2. The van der Waals surface area contributed by atoms with Crippen molar-refractivity contribution in [2.24, 2.45) is 0 Å². The molecule has 0 amide bonds. The molecule has 0 aliphatic heterocycles. The number of carbonyl (C=O) groups excluding carboxylic acids is 1. The number of rotatable bonds is 6. The lowest BCUT2D eigenvalue weighted by molar-refractivity contribution is -0.385. The Kier molecular flexibility index (Phi) is 5.16. The predicted octanol–water partition coefficient (Wildman–Crippen LogP) is 3.96. The zero-order chi connectivity index (χ0) is 17.7. The first-order chi connectivity index (χ1) is 11.4. The maximum absolute atomic E-state index is 12.1. The molecule has 0 heterocycles. The summed E-state index contributed by atoms with van der Waals surface area (Å²) in [7, 11) is 0. The quantitative estimate of drug-likeness (QED) is 0.346. The molecule has 0 fully saturated rings. The van der Waals surface area contributed by atoms with Crippen LogP contribution in [0.4, 0.5) is 11.4 Å². The van der Waals surface area contributed by atoms with Gasteiger partial charge in [0.15, 0.2) is 5.78 Å². The van der Waals surface area contributed by atoms with E-state index in [1.807, 2.05) is 6.92 Å². The number of allylic oxidation sites excluding steroid dienone is 1. The van der Waals surface area contributed by atoms with Gasteiger partial charge in [0.1, 0.15) is 0 Å². The molecule has 0 N–H and O–H groups in total. The molecule has 0 saturated heterocycles. The standard InChI is InChI=1S/C17H14N2O5/c1-2-13-5-3-12(11-16(13)19(23)24)4-10-17(20)14-6-8-15(9-7-14)18(21)22/h3-11H,2H2,1H3/b10-4+. The van der Waals surface area contributed by atoms with E-state index < -0.39 is 9.85 Å².